The van der Waals surface area contributed by atoms with Crippen LogP contribution in [0.5, 0.6) is 5.75 Å². The Morgan fingerprint density at radius 1 is 0.750 bits per heavy atom. The van der Waals surface area contributed by atoms with Crippen LogP contribution in [0.25, 0.3) is 5.57 Å². The zero-order valence-corrected chi connectivity index (χ0v) is 13.3. The van der Waals surface area contributed by atoms with Crippen molar-refractivity contribution in [2.75, 3.05) is 0 Å². The number of rotatable bonds is 5. The first kappa shape index (κ1) is 15.8. The van der Waals surface area contributed by atoms with E-state index in [0.717, 1.165) is 11.1 Å². The van der Waals surface area contributed by atoms with Crippen LogP contribution in [0.4, 0.5) is 0 Å². The number of ether oxygens (including phenoxy) is 1. The van der Waals surface area contributed by atoms with E-state index >= 15 is 0 Å². The number of esters is 1. The lowest BCUT2D eigenvalue weighted by Crippen LogP contribution is -2.11. The molecule has 0 amide bonds. The molecule has 2 heteroatoms. The van der Waals surface area contributed by atoms with Crippen LogP contribution < -0.4 is 4.74 Å². The molecule has 118 valence electrons. The molecule has 0 saturated carbocycles. The van der Waals surface area contributed by atoms with Gasteiger partial charge in [-0.15, -0.1) is 0 Å². The van der Waals surface area contributed by atoms with Gasteiger partial charge in [-0.1, -0.05) is 84.9 Å². The fraction of sp³-hybridized carbons (Fsp3) is 0.0455. The summed E-state index contributed by atoms with van der Waals surface area (Å²) in [5.41, 5.74) is 2.58. The first-order valence-corrected chi connectivity index (χ1v) is 7.89. The van der Waals surface area contributed by atoms with Crippen molar-refractivity contribution in [3.05, 3.63) is 108 Å². The number of para-hydroxylation sites is 1. The van der Waals surface area contributed by atoms with Crippen molar-refractivity contribution in [2.45, 2.75) is 6.42 Å². The standard InChI is InChI=1S/C22H18O2/c23-22(24-20-14-8-3-9-15-20)21(19-12-6-2-7-13-19)17-16-18-10-4-1-5-11-18/h1-15,17H,16H2. The Hall–Kier alpha value is -3.13. The average Bonchev–Trinajstić information content (AvgIpc) is 2.64. The zero-order chi connectivity index (χ0) is 16.6. The van der Waals surface area contributed by atoms with Gasteiger partial charge in [-0.05, 0) is 29.7 Å². The lowest BCUT2D eigenvalue weighted by atomic mass is 10.0. The third-order valence-corrected chi connectivity index (χ3v) is 3.64. The third-order valence-electron chi connectivity index (χ3n) is 3.64. The summed E-state index contributed by atoms with van der Waals surface area (Å²) in [5, 5.41) is 0. The largest absolute Gasteiger partial charge is 0.423 e. The van der Waals surface area contributed by atoms with Gasteiger partial charge in [0.1, 0.15) is 5.75 Å². The number of hydrogen-bond acceptors (Lipinski definition) is 2. The molecule has 0 aliphatic heterocycles. The van der Waals surface area contributed by atoms with E-state index in [1.54, 1.807) is 12.1 Å². The Balaban J connectivity index is 1.86. The second-order valence-electron chi connectivity index (χ2n) is 5.38. The minimum atomic E-state index is -0.344. The fourth-order valence-electron chi connectivity index (χ4n) is 2.42. The Morgan fingerprint density at radius 3 is 1.92 bits per heavy atom. The summed E-state index contributed by atoms with van der Waals surface area (Å²) < 4.78 is 5.51. The van der Waals surface area contributed by atoms with Gasteiger partial charge in [-0.3, -0.25) is 0 Å². The van der Waals surface area contributed by atoms with Gasteiger partial charge >= 0.3 is 5.97 Å². The van der Waals surface area contributed by atoms with E-state index in [9.17, 15) is 4.79 Å². The van der Waals surface area contributed by atoms with Crippen LogP contribution in [0.15, 0.2) is 97.1 Å². The van der Waals surface area contributed by atoms with E-state index in [-0.39, 0.29) is 5.97 Å². The molecule has 0 aromatic heterocycles. The monoisotopic (exact) mass is 314 g/mol. The van der Waals surface area contributed by atoms with Gasteiger partial charge in [-0.25, -0.2) is 4.79 Å². The number of benzene rings is 3. The predicted octanol–water partition coefficient (Wildman–Crippen LogP) is 4.92. The molecule has 0 bridgehead atoms. The summed E-state index contributed by atoms with van der Waals surface area (Å²) in [6.45, 7) is 0. The third kappa shape index (κ3) is 4.20. The van der Waals surface area contributed by atoms with E-state index in [1.807, 2.05) is 84.9 Å². The molecule has 3 aromatic rings. The average molecular weight is 314 g/mol. The van der Waals surface area contributed by atoms with Crippen molar-refractivity contribution < 1.29 is 9.53 Å². The molecule has 0 aliphatic carbocycles. The quantitative estimate of drug-likeness (QED) is 0.380. The summed E-state index contributed by atoms with van der Waals surface area (Å²) in [6, 6.07) is 28.8. The second-order valence-corrected chi connectivity index (χ2v) is 5.38. The first-order valence-electron chi connectivity index (χ1n) is 7.89. The molecule has 0 fully saturated rings. The van der Waals surface area contributed by atoms with Crippen molar-refractivity contribution in [1.82, 2.24) is 0 Å². The topological polar surface area (TPSA) is 26.3 Å². The number of allylic oxidation sites excluding steroid dienone is 1. The zero-order valence-electron chi connectivity index (χ0n) is 13.3. The van der Waals surface area contributed by atoms with Gasteiger partial charge < -0.3 is 4.74 Å². The SMILES string of the molecule is O=C(Oc1ccccc1)C(=CCc1ccccc1)c1ccccc1. The van der Waals surface area contributed by atoms with Gasteiger partial charge in [0.05, 0.1) is 5.57 Å². The summed E-state index contributed by atoms with van der Waals surface area (Å²) in [6.07, 6.45) is 2.60. The van der Waals surface area contributed by atoms with Crippen LogP contribution in [0, 0.1) is 0 Å². The Kier molecular flexibility index (Phi) is 5.21. The maximum Gasteiger partial charge on any atom is 0.343 e. The summed E-state index contributed by atoms with van der Waals surface area (Å²) in [7, 11) is 0. The predicted molar refractivity (Wildman–Crippen MR) is 96.6 cm³/mol. The molecular formula is C22H18O2. The Labute approximate surface area is 142 Å². The molecule has 2 nitrogen and oxygen atoms in total. The number of carbonyl (C=O) groups is 1. The van der Waals surface area contributed by atoms with E-state index in [4.69, 9.17) is 4.74 Å². The van der Waals surface area contributed by atoms with Crippen molar-refractivity contribution in [2.24, 2.45) is 0 Å². The highest BCUT2D eigenvalue weighted by atomic mass is 16.5. The highest BCUT2D eigenvalue weighted by Gasteiger charge is 2.14. The van der Waals surface area contributed by atoms with Gasteiger partial charge in [0.25, 0.3) is 0 Å². The normalized spacial score (nSPS) is 11.1. The van der Waals surface area contributed by atoms with Crippen LogP contribution in [-0.4, -0.2) is 5.97 Å². The van der Waals surface area contributed by atoms with Crippen molar-refractivity contribution in [1.29, 1.82) is 0 Å². The van der Waals surface area contributed by atoms with E-state index < -0.39 is 0 Å². The maximum absolute atomic E-state index is 12.6. The lowest BCUT2D eigenvalue weighted by molar-refractivity contribution is -0.127. The van der Waals surface area contributed by atoms with Gasteiger partial charge in [0, 0.05) is 0 Å². The van der Waals surface area contributed by atoms with Crippen LogP contribution in [0.2, 0.25) is 0 Å². The van der Waals surface area contributed by atoms with Crippen molar-refractivity contribution in [3.63, 3.8) is 0 Å². The van der Waals surface area contributed by atoms with Crippen LogP contribution in [-0.2, 0) is 11.2 Å². The van der Waals surface area contributed by atoms with E-state index in [0.29, 0.717) is 17.7 Å². The highest BCUT2D eigenvalue weighted by Crippen LogP contribution is 2.19. The van der Waals surface area contributed by atoms with Crippen LogP contribution >= 0.6 is 0 Å². The van der Waals surface area contributed by atoms with Crippen LogP contribution in [0.3, 0.4) is 0 Å². The van der Waals surface area contributed by atoms with Gasteiger partial charge in [0.15, 0.2) is 0 Å². The summed E-state index contributed by atoms with van der Waals surface area (Å²) in [4.78, 5) is 12.6. The molecule has 0 heterocycles. The number of hydrogen-bond donors (Lipinski definition) is 0. The molecule has 0 N–H and O–H groups in total. The molecule has 3 rings (SSSR count). The molecule has 24 heavy (non-hydrogen) atoms. The van der Waals surface area contributed by atoms with E-state index in [1.165, 1.54) is 0 Å². The molecule has 0 saturated heterocycles. The molecule has 0 spiro atoms. The minimum absolute atomic E-state index is 0.344. The Morgan fingerprint density at radius 2 is 1.29 bits per heavy atom. The fourth-order valence-corrected chi connectivity index (χ4v) is 2.42. The summed E-state index contributed by atoms with van der Waals surface area (Å²) >= 11 is 0. The number of carbonyl (C=O) groups excluding carboxylic acids is 1. The molecule has 3 aromatic carbocycles. The molecule has 0 unspecified atom stereocenters. The smallest absolute Gasteiger partial charge is 0.343 e. The Bertz CT molecular complexity index is 806. The second kappa shape index (κ2) is 7.93. The van der Waals surface area contributed by atoms with Gasteiger partial charge in [-0.2, -0.15) is 0 Å². The minimum Gasteiger partial charge on any atom is -0.423 e. The first-order chi connectivity index (χ1) is 11.8. The maximum atomic E-state index is 12.6. The highest BCUT2D eigenvalue weighted by molar-refractivity contribution is 6.17. The van der Waals surface area contributed by atoms with Crippen molar-refractivity contribution >= 4 is 11.5 Å². The molecular weight excluding hydrogens is 296 g/mol. The molecule has 0 atom stereocenters. The van der Waals surface area contributed by atoms with Crippen molar-refractivity contribution in [3.8, 4) is 5.75 Å². The summed E-state index contributed by atoms with van der Waals surface area (Å²) in [5.74, 6) is 0.201. The molecule has 0 aliphatic rings. The van der Waals surface area contributed by atoms with Crippen LogP contribution in [0.1, 0.15) is 11.1 Å². The van der Waals surface area contributed by atoms with E-state index in [2.05, 4.69) is 0 Å². The molecule has 0 radical (unpaired) electrons. The lowest BCUT2D eigenvalue weighted by Gasteiger charge is -2.09. The van der Waals surface area contributed by atoms with Gasteiger partial charge in [0.2, 0.25) is 0 Å².